The van der Waals surface area contributed by atoms with Crippen molar-refractivity contribution in [1.82, 2.24) is 5.32 Å². The molecule has 0 heterocycles. The number of carbonyl (C=O) groups excluding carboxylic acids is 2. The molecule has 21 heavy (non-hydrogen) atoms. The second-order valence-corrected chi connectivity index (χ2v) is 4.66. The van der Waals surface area contributed by atoms with Crippen LogP contribution in [0.1, 0.15) is 6.92 Å². The van der Waals surface area contributed by atoms with Gasteiger partial charge in [-0.1, -0.05) is 42.5 Å². The first-order chi connectivity index (χ1) is 10.1. The van der Waals surface area contributed by atoms with Crippen LogP contribution in [-0.4, -0.2) is 18.0 Å². The lowest BCUT2D eigenvalue weighted by Crippen LogP contribution is -2.43. The average molecular weight is 283 g/mol. The van der Waals surface area contributed by atoms with Gasteiger partial charge in [0.05, 0.1) is 0 Å². The van der Waals surface area contributed by atoms with Crippen LogP contribution < -0.4 is 16.4 Å². The maximum Gasteiger partial charge on any atom is 0.318 e. The predicted molar refractivity (Wildman–Crippen MR) is 82.7 cm³/mol. The van der Waals surface area contributed by atoms with E-state index in [-0.39, 0.29) is 0 Å². The monoisotopic (exact) mass is 283 g/mol. The van der Waals surface area contributed by atoms with E-state index in [9.17, 15) is 9.59 Å². The van der Waals surface area contributed by atoms with Crippen molar-refractivity contribution >= 4 is 17.6 Å². The Morgan fingerprint density at radius 1 is 0.952 bits per heavy atom. The van der Waals surface area contributed by atoms with Crippen molar-refractivity contribution in [1.29, 1.82) is 0 Å². The zero-order valence-corrected chi connectivity index (χ0v) is 11.7. The second-order valence-electron chi connectivity index (χ2n) is 4.66. The molecular formula is C16H17N3O2. The van der Waals surface area contributed by atoms with Gasteiger partial charge in [-0.05, 0) is 30.2 Å². The normalized spacial score (nSPS) is 11.5. The van der Waals surface area contributed by atoms with Crippen LogP contribution in [0.4, 0.5) is 10.5 Å². The van der Waals surface area contributed by atoms with Crippen molar-refractivity contribution in [3.63, 3.8) is 0 Å². The van der Waals surface area contributed by atoms with E-state index in [4.69, 9.17) is 5.73 Å². The average Bonchev–Trinajstić information content (AvgIpc) is 2.48. The van der Waals surface area contributed by atoms with E-state index >= 15 is 0 Å². The molecule has 0 aliphatic carbocycles. The Morgan fingerprint density at radius 3 is 2.10 bits per heavy atom. The number of hydrogen-bond donors (Lipinski definition) is 3. The van der Waals surface area contributed by atoms with E-state index < -0.39 is 18.0 Å². The van der Waals surface area contributed by atoms with Crippen LogP contribution in [0.3, 0.4) is 0 Å². The fraction of sp³-hybridized carbons (Fsp3) is 0.125. The summed E-state index contributed by atoms with van der Waals surface area (Å²) in [7, 11) is 0. The predicted octanol–water partition coefficient (Wildman–Crippen LogP) is 2.35. The number of primary amides is 1. The largest absolute Gasteiger partial charge is 0.374 e. The summed E-state index contributed by atoms with van der Waals surface area (Å²) in [5.41, 5.74) is 7.92. The number of nitrogens with two attached hydrogens (primary N) is 1. The molecule has 0 bridgehead atoms. The smallest absolute Gasteiger partial charge is 0.318 e. The highest BCUT2D eigenvalue weighted by atomic mass is 16.2. The highest BCUT2D eigenvalue weighted by molar-refractivity contribution is 5.97. The maximum absolute atomic E-state index is 11.6. The lowest BCUT2D eigenvalue weighted by Gasteiger charge is -2.14. The van der Waals surface area contributed by atoms with Gasteiger partial charge in [0.25, 0.3) is 0 Å². The number of amides is 3. The summed E-state index contributed by atoms with van der Waals surface area (Å²) in [5, 5.41) is 5.04. The Bertz CT molecular complexity index is 624. The molecule has 0 saturated carbocycles. The molecule has 108 valence electrons. The minimum atomic E-state index is -0.854. The van der Waals surface area contributed by atoms with Gasteiger partial charge in [-0.15, -0.1) is 0 Å². The Hall–Kier alpha value is -2.82. The fourth-order valence-electron chi connectivity index (χ4n) is 1.93. The third-order valence-electron chi connectivity index (χ3n) is 3.01. The molecule has 0 saturated heterocycles. The number of imide groups is 1. The van der Waals surface area contributed by atoms with Gasteiger partial charge in [-0.25, -0.2) is 4.79 Å². The Balaban J connectivity index is 2.03. The van der Waals surface area contributed by atoms with Crippen molar-refractivity contribution in [2.45, 2.75) is 13.0 Å². The van der Waals surface area contributed by atoms with Crippen molar-refractivity contribution < 1.29 is 9.59 Å². The minimum Gasteiger partial charge on any atom is -0.374 e. The van der Waals surface area contributed by atoms with Gasteiger partial charge in [0.2, 0.25) is 5.91 Å². The van der Waals surface area contributed by atoms with Crippen molar-refractivity contribution in [3.8, 4) is 11.1 Å². The standard InChI is InChI=1S/C16H17N3O2/c1-11(15(20)19-16(17)21)18-14-9-7-13(8-10-14)12-5-3-2-4-6-12/h2-11,18H,1H3,(H3,17,19,20,21). The summed E-state index contributed by atoms with van der Waals surface area (Å²) >= 11 is 0. The van der Waals surface area contributed by atoms with E-state index in [0.29, 0.717) is 0 Å². The SMILES string of the molecule is CC(Nc1ccc(-c2ccccc2)cc1)C(=O)NC(N)=O. The number of benzene rings is 2. The van der Waals surface area contributed by atoms with Crippen LogP contribution in [-0.2, 0) is 4.79 Å². The molecule has 1 unspecified atom stereocenters. The molecule has 3 amide bonds. The molecule has 2 aromatic carbocycles. The van der Waals surface area contributed by atoms with Gasteiger partial charge in [-0.3, -0.25) is 10.1 Å². The molecule has 2 rings (SSSR count). The topological polar surface area (TPSA) is 84.2 Å². The first kappa shape index (κ1) is 14.6. The summed E-state index contributed by atoms with van der Waals surface area (Å²) in [6.45, 7) is 1.66. The van der Waals surface area contributed by atoms with E-state index in [1.807, 2.05) is 59.9 Å². The summed E-state index contributed by atoms with van der Waals surface area (Å²) in [6, 6.07) is 16.3. The molecule has 0 spiro atoms. The van der Waals surface area contributed by atoms with Gasteiger partial charge < -0.3 is 11.1 Å². The summed E-state index contributed by atoms with van der Waals surface area (Å²) in [5.74, 6) is -0.463. The number of rotatable bonds is 4. The molecule has 0 aromatic heterocycles. The van der Waals surface area contributed by atoms with Crippen molar-refractivity contribution in [3.05, 3.63) is 54.6 Å². The van der Waals surface area contributed by atoms with Crippen LogP contribution in [0.2, 0.25) is 0 Å². The molecule has 5 heteroatoms. The maximum atomic E-state index is 11.6. The summed E-state index contributed by atoms with van der Waals surface area (Å²) < 4.78 is 0. The third-order valence-corrected chi connectivity index (χ3v) is 3.01. The van der Waals surface area contributed by atoms with Crippen molar-refractivity contribution in [2.24, 2.45) is 5.73 Å². The molecule has 5 nitrogen and oxygen atoms in total. The van der Waals surface area contributed by atoms with Crippen LogP contribution in [0.5, 0.6) is 0 Å². The van der Waals surface area contributed by atoms with E-state index in [0.717, 1.165) is 16.8 Å². The Labute approximate surface area is 123 Å². The van der Waals surface area contributed by atoms with E-state index in [1.54, 1.807) is 6.92 Å². The summed E-state index contributed by atoms with van der Waals surface area (Å²) in [4.78, 5) is 22.2. The Kier molecular flexibility index (Phi) is 4.56. The van der Waals surface area contributed by atoms with Gasteiger partial charge in [0, 0.05) is 5.69 Å². The number of nitrogens with one attached hydrogen (secondary N) is 2. The molecule has 0 aliphatic heterocycles. The fourth-order valence-corrected chi connectivity index (χ4v) is 1.93. The molecule has 1 atom stereocenters. The zero-order chi connectivity index (χ0) is 15.2. The van der Waals surface area contributed by atoms with E-state index in [1.165, 1.54) is 0 Å². The first-order valence-electron chi connectivity index (χ1n) is 6.58. The Morgan fingerprint density at radius 2 is 1.52 bits per heavy atom. The molecular weight excluding hydrogens is 266 g/mol. The highest BCUT2D eigenvalue weighted by Gasteiger charge is 2.13. The molecule has 0 fully saturated rings. The highest BCUT2D eigenvalue weighted by Crippen LogP contribution is 2.21. The van der Waals surface area contributed by atoms with E-state index in [2.05, 4.69) is 5.32 Å². The second kappa shape index (κ2) is 6.56. The number of anilines is 1. The van der Waals surface area contributed by atoms with Crippen LogP contribution in [0, 0.1) is 0 Å². The zero-order valence-electron chi connectivity index (χ0n) is 11.7. The van der Waals surface area contributed by atoms with Gasteiger partial charge in [-0.2, -0.15) is 0 Å². The number of hydrogen-bond acceptors (Lipinski definition) is 3. The first-order valence-corrected chi connectivity index (χ1v) is 6.58. The lowest BCUT2D eigenvalue weighted by molar-refractivity contribution is -0.120. The van der Waals surface area contributed by atoms with Crippen molar-refractivity contribution in [2.75, 3.05) is 5.32 Å². The van der Waals surface area contributed by atoms with Crippen LogP contribution >= 0.6 is 0 Å². The molecule has 2 aromatic rings. The third kappa shape index (κ3) is 4.07. The molecule has 4 N–H and O–H groups in total. The molecule has 0 radical (unpaired) electrons. The van der Waals surface area contributed by atoms with Gasteiger partial charge in [0.15, 0.2) is 0 Å². The minimum absolute atomic E-state index is 0.463. The van der Waals surface area contributed by atoms with Gasteiger partial charge in [0.1, 0.15) is 6.04 Å². The quantitative estimate of drug-likeness (QED) is 0.805. The van der Waals surface area contributed by atoms with Crippen LogP contribution in [0.25, 0.3) is 11.1 Å². The lowest BCUT2D eigenvalue weighted by atomic mass is 10.1. The summed E-state index contributed by atoms with van der Waals surface area (Å²) in [6.07, 6.45) is 0. The molecule has 0 aliphatic rings. The number of carbonyl (C=O) groups is 2. The van der Waals surface area contributed by atoms with Gasteiger partial charge >= 0.3 is 6.03 Å². The van der Waals surface area contributed by atoms with Crippen LogP contribution in [0.15, 0.2) is 54.6 Å². The number of urea groups is 1.